The Balaban J connectivity index is 1.69. The van der Waals surface area contributed by atoms with Crippen molar-refractivity contribution in [3.05, 3.63) is 35.0 Å². The van der Waals surface area contributed by atoms with Crippen LogP contribution < -0.4 is 14.2 Å². The Morgan fingerprint density at radius 3 is 2.86 bits per heavy atom. The molecule has 0 bridgehead atoms. The van der Waals surface area contributed by atoms with Gasteiger partial charge >= 0.3 is 0 Å². The lowest BCUT2D eigenvalue weighted by Crippen LogP contribution is -2.34. The molecule has 1 unspecified atom stereocenters. The summed E-state index contributed by atoms with van der Waals surface area (Å²) in [7, 11) is -4.32. The molecule has 21 heavy (non-hydrogen) atoms. The topological polar surface area (TPSA) is 82.1 Å². The van der Waals surface area contributed by atoms with Crippen LogP contribution in [-0.2, 0) is 10.1 Å². The van der Waals surface area contributed by atoms with Gasteiger partial charge in [-0.25, -0.2) is 0 Å². The molecule has 2 heterocycles. The highest BCUT2D eigenvalue weighted by Crippen LogP contribution is 2.35. The fraction of sp³-hybridized carbons (Fsp3) is 0.231. The molecule has 0 aliphatic carbocycles. The highest BCUT2D eigenvalue weighted by molar-refractivity contribution is 7.86. The Labute approximate surface area is 125 Å². The summed E-state index contributed by atoms with van der Waals surface area (Å²) >= 11 is 1.47. The van der Waals surface area contributed by atoms with E-state index in [1.807, 2.05) is 10.8 Å². The molecule has 6 nitrogen and oxygen atoms in total. The molecule has 3 rings (SSSR count). The molecule has 1 aliphatic heterocycles. The number of ether oxygens (including phenoxy) is 3. The molecule has 2 aromatic rings. The van der Waals surface area contributed by atoms with Gasteiger partial charge in [0.25, 0.3) is 10.1 Å². The number of hydrogen-bond donors (Lipinski definition) is 1. The average molecular weight is 328 g/mol. The molecule has 0 spiro atoms. The third kappa shape index (κ3) is 3.12. The Morgan fingerprint density at radius 2 is 2.05 bits per heavy atom. The van der Waals surface area contributed by atoms with Gasteiger partial charge in [-0.15, -0.1) is 11.3 Å². The van der Waals surface area contributed by atoms with E-state index in [1.165, 1.54) is 29.5 Å². The van der Waals surface area contributed by atoms with Crippen molar-refractivity contribution in [2.75, 3.05) is 13.2 Å². The van der Waals surface area contributed by atoms with E-state index < -0.39 is 10.1 Å². The van der Waals surface area contributed by atoms with Crippen LogP contribution in [0.4, 0.5) is 0 Å². The van der Waals surface area contributed by atoms with Gasteiger partial charge in [0.2, 0.25) is 0 Å². The first-order valence-electron chi connectivity index (χ1n) is 6.09. The van der Waals surface area contributed by atoms with Gasteiger partial charge in [-0.2, -0.15) is 8.42 Å². The molecule has 1 aromatic heterocycles. The molecule has 1 atom stereocenters. The first kappa shape index (κ1) is 14.2. The van der Waals surface area contributed by atoms with E-state index in [1.54, 1.807) is 6.07 Å². The predicted molar refractivity (Wildman–Crippen MR) is 76.0 cm³/mol. The summed E-state index contributed by atoms with van der Waals surface area (Å²) in [5.41, 5.74) is 0. The molecule has 1 aliphatic rings. The zero-order valence-electron chi connectivity index (χ0n) is 10.8. The first-order valence-corrected chi connectivity index (χ1v) is 8.47. The molecule has 0 saturated heterocycles. The molecule has 0 saturated carbocycles. The van der Waals surface area contributed by atoms with E-state index >= 15 is 0 Å². The second kappa shape index (κ2) is 5.55. The maximum atomic E-state index is 11.3. The van der Waals surface area contributed by atoms with E-state index in [4.69, 9.17) is 18.8 Å². The van der Waals surface area contributed by atoms with Crippen LogP contribution in [-0.4, -0.2) is 32.3 Å². The van der Waals surface area contributed by atoms with Gasteiger partial charge in [0.15, 0.2) is 17.6 Å². The molecule has 0 amide bonds. The van der Waals surface area contributed by atoms with Crippen LogP contribution in [0.25, 0.3) is 0 Å². The highest BCUT2D eigenvalue weighted by atomic mass is 32.2. The van der Waals surface area contributed by atoms with E-state index in [0.717, 1.165) is 0 Å². The zero-order valence-corrected chi connectivity index (χ0v) is 12.4. The Bertz CT molecular complexity index is 737. The molecular weight excluding hydrogens is 316 g/mol. The lowest BCUT2D eigenvalue weighted by atomic mass is 10.3. The summed E-state index contributed by atoms with van der Waals surface area (Å²) in [4.78, 5) is -0.266. The van der Waals surface area contributed by atoms with Gasteiger partial charge in [0.1, 0.15) is 23.9 Å². The van der Waals surface area contributed by atoms with Crippen molar-refractivity contribution in [1.29, 1.82) is 0 Å². The summed E-state index contributed by atoms with van der Waals surface area (Å²) in [5.74, 6) is 1.44. The molecular formula is C13H12O6S2. The maximum Gasteiger partial charge on any atom is 0.298 e. The van der Waals surface area contributed by atoms with E-state index in [0.29, 0.717) is 18.1 Å². The fourth-order valence-corrected chi connectivity index (χ4v) is 3.21. The molecule has 1 aromatic carbocycles. The number of benzene rings is 1. The predicted octanol–water partition coefficient (Wildman–Crippen LogP) is 2.21. The lowest BCUT2D eigenvalue weighted by Gasteiger charge is -2.24. The van der Waals surface area contributed by atoms with Gasteiger partial charge in [-0.05, 0) is 12.1 Å². The standard InChI is InChI=1S/C13H12O6S2/c14-21(15,16)13-4-2-1-3-10(13)17-5-9-6-18-11-7-20-8-12(11)19-9/h1-4,7-9H,5-6H2,(H,14,15,16). The van der Waals surface area contributed by atoms with Crippen LogP contribution in [0.1, 0.15) is 0 Å². The monoisotopic (exact) mass is 328 g/mol. The lowest BCUT2D eigenvalue weighted by molar-refractivity contribution is 0.0537. The number of thiophene rings is 1. The van der Waals surface area contributed by atoms with Gasteiger partial charge in [-0.1, -0.05) is 12.1 Å². The minimum atomic E-state index is -4.32. The van der Waals surface area contributed by atoms with Crippen LogP contribution >= 0.6 is 11.3 Å². The third-order valence-electron chi connectivity index (χ3n) is 2.86. The number of hydrogen-bond acceptors (Lipinski definition) is 6. The minimum absolute atomic E-state index is 0.0831. The summed E-state index contributed by atoms with van der Waals surface area (Å²) < 4.78 is 48.3. The van der Waals surface area contributed by atoms with E-state index in [-0.39, 0.29) is 23.4 Å². The fourth-order valence-electron chi connectivity index (χ4n) is 1.91. The second-order valence-corrected chi connectivity index (χ2v) is 6.52. The molecule has 1 N–H and O–H groups in total. The summed E-state index contributed by atoms with van der Waals surface area (Å²) in [6.07, 6.45) is -0.346. The summed E-state index contributed by atoms with van der Waals surface area (Å²) in [6.45, 7) is 0.430. The van der Waals surface area contributed by atoms with Crippen molar-refractivity contribution in [2.45, 2.75) is 11.0 Å². The quantitative estimate of drug-likeness (QED) is 0.867. The van der Waals surface area contributed by atoms with Crippen LogP contribution in [0.15, 0.2) is 39.9 Å². The Morgan fingerprint density at radius 1 is 1.29 bits per heavy atom. The summed E-state index contributed by atoms with van der Waals surface area (Å²) in [6, 6.07) is 5.88. The minimum Gasteiger partial charge on any atom is -0.488 e. The number of rotatable bonds is 4. The van der Waals surface area contributed by atoms with Gasteiger partial charge in [0, 0.05) is 10.8 Å². The largest absolute Gasteiger partial charge is 0.488 e. The first-order chi connectivity index (χ1) is 10.0. The van der Waals surface area contributed by atoms with Crippen LogP contribution in [0.3, 0.4) is 0 Å². The van der Waals surface area contributed by atoms with Crippen molar-refractivity contribution in [3.63, 3.8) is 0 Å². The van der Waals surface area contributed by atoms with Crippen LogP contribution in [0.5, 0.6) is 17.2 Å². The van der Waals surface area contributed by atoms with Crippen LogP contribution in [0.2, 0.25) is 0 Å². The van der Waals surface area contributed by atoms with Gasteiger partial charge in [0.05, 0.1) is 0 Å². The van der Waals surface area contributed by atoms with Crippen molar-refractivity contribution in [2.24, 2.45) is 0 Å². The van der Waals surface area contributed by atoms with Gasteiger partial charge < -0.3 is 14.2 Å². The molecule has 8 heteroatoms. The van der Waals surface area contributed by atoms with Crippen molar-refractivity contribution < 1.29 is 27.2 Å². The maximum absolute atomic E-state index is 11.3. The number of fused-ring (bicyclic) bond motifs is 1. The smallest absolute Gasteiger partial charge is 0.298 e. The number of para-hydroxylation sites is 1. The Kier molecular flexibility index (Phi) is 3.75. The molecule has 0 radical (unpaired) electrons. The zero-order chi connectivity index (χ0) is 14.9. The van der Waals surface area contributed by atoms with Crippen molar-refractivity contribution in [3.8, 4) is 17.2 Å². The van der Waals surface area contributed by atoms with Crippen molar-refractivity contribution >= 4 is 21.5 Å². The van der Waals surface area contributed by atoms with E-state index in [2.05, 4.69) is 0 Å². The Hall–Kier alpha value is -1.77. The normalized spacial score (nSPS) is 17.5. The second-order valence-electron chi connectivity index (χ2n) is 4.38. The van der Waals surface area contributed by atoms with E-state index in [9.17, 15) is 8.42 Å². The SMILES string of the molecule is O=S(=O)(O)c1ccccc1OCC1COc2cscc2O1. The average Bonchev–Trinajstić information content (AvgIpc) is 2.92. The third-order valence-corrected chi connectivity index (χ3v) is 4.46. The molecule has 112 valence electrons. The summed E-state index contributed by atoms with van der Waals surface area (Å²) in [5, 5.41) is 3.67. The molecule has 0 fully saturated rings. The van der Waals surface area contributed by atoms with Gasteiger partial charge in [-0.3, -0.25) is 4.55 Å². The van der Waals surface area contributed by atoms with Crippen molar-refractivity contribution in [1.82, 2.24) is 0 Å². The highest BCUT2D eigenvalue weighted by Gasteiger charge is 2.23. The van der Waals surface area contributed by atoms with Crippen LogP contribution in [0, 0.1) is 0 Å².